The molecule has 0 saturated heterocycles. The van der Waals surface area contributed by atoms with Crippen LogP contribution in [0.25, 0.3) is 0 Å². The summed E-state index contributed by atoms with van der Waals surface area (Å²) < 4.78 is 2.17. The Kier molecular flexibility index (Phi) is 5.14. The molecule has 0 unspecified atom stereocenters. The number of urea groups is 1. The number of hydrogen-bond acceptors (Lipinski definition) is 4. The minimum absolute atomic E-state index is 0.0780. The van der Waals surface area contributed by atoms with Crippen molar-refractivity contribution in [3.8, 4) is 0 Å². The smallest absolute Gasteiger partial charge is 0.315 e. The second-order valence-electron chi connectivity index (χ2n) is 6.94. The van der Waals surface area contributed by atoms with Crippen LogP contribution in [0.4, 0.5) is 4.79 Å². The third-order valence-corrected chi connectivity index (χ3v) is 6.02. The van der Waals surface area contributed by atoms with E-state index in [1.165, 1.54) is 6.42 Å². The van der Waals surface area contributed by atoms with E-state index >= 15 is 0 Å². The molecule has 3 rings (SSSR count). The third-order valence-electron chi connectivity index (χ3n) is 4.92. The highest BCUT2D eigenvalue weighted by Gasteiger charge is 2.29. The highest BCUT2D eigenvalue weighted by molar-refractivity contribution is 7.99. The normalized spacial score (nSPS) is 24.7. The molecule has 2 N–H and O–H groups in total. The van der Waals surface area contributed by atoms with E-state index in [0.717, 1.165) is 43.9 Å². The van der Waals surface area contributed by atoms with Crippen molar-refractivity contribution in [3.63, 3.8) is 0 Å². The first-order chi connectivity index (χ1) is 11.1. The lowest BCUT2D eigenvalue weighted by Gasteiger charge is -2.23. The van der Waals surface area contributed by atoms with E-state index in [2.05, 4.69) is 45.5 Å². The van der Waals surface area contributed by atoms with Crippen LogP contribution in [0.15, 0.2) is 0 Å². The molecule has 7 heteroatoms. The van der Waals surface area contributed by atoms with Crippen LogP contribution >= 0.6 is 11.8 Å². The Morgan fingerprint density at radius 1 is 1.35 bits per heavy atom. The molecule has 0 radical (unpaired) electrons. The quantitative estimate of drug-likeness (QED) is 0.866. The summed E-state index contributed by atoms with van der Waals surface area (Å²) in [5, 5.41) is 15.6. The van der Waals surface area contributed by atoms with Gasteiger partial charge in [0.05, 0.1) is 6.04 Å². The van der Waals surface area contributed by atoms with Gasteiger partial charge in [-0.15, -0.1) is 10.2 Å². The number of fused-ring (bicyclic) bond motifs is 1. The largest absolute Gasteiger partial charge is 0.335 e. The number of nitrogens with zero attached hydrogens (tertiary/aromatic N) is 3. The van der Waals surface area contributed by atoms with Crippen LogP contribution in [-0.2, 0) is 13.0 Å². The van der Waals surface area contributed by atoms with Crippen LogP contribution in [0.1, 0.15) is 57.2 Å². The monoisotopic (exact) mass is 337 g/mol. The summed E-state index contributed by atoms with van der Waals surface area (Å²) in [4.78, 5) is 12.4. The number of carbonyl (C=O) groups excluding carboxylic acids is 1. The molecule has 1 aliphatic carbocycles. The van der Waals surface area contributed by atoms with Crippen molar-refractivity contribution in [1.29, 1.82) is 0 Å². The third kappa shape index (κ3) is 3.65. The average molecular weight is 337 g/mol. The van der Waals surface area contributed by atoms with Gasteiger partial charge in [-0.2, -0.15) is 11.8 Å². The second-order valence-corrected chi connectivity index (χ2v) is 8.07. The number of rotatable bonds is 5. The molecule has 0 aromatic carbocycles. The number of hydrogen-bond donors (Lipinski definition) is 2. The molecule has 1 aromatic rings. The number of carbonyl (C=O) groups is 1. The Morgan fingerprint density at radius 2 is 2.17 bits per heavy atom. The van der Waals surface area contributed by atoms with Crippen LogP contribution in [0.2, 0.25) is 0 Å². The Morgan fingerprint density at radius 3 is 2.87 bits per heavy atom. The molecule has 2 amide bonds. The van der Waals surface area contributed by atoms with Gasteiger partial charge in [-0.25, -0.2) is 4.79 Å². The Bertz CT molecular complexity index is 559. The Labute approximate surface area is 142 Å². The Hall–Kier alpha value is -1.24. The molecule has 2 aliphatic rings. The fourth-order valence-electron chi connectivity index (χ4n) is 3.59. The molecule has 128 valence electrons. The zero-order chi connectivity index (χ0) is 16.4. The van der Waals surface area contributed by atoms with Crippen molar-refractivity contribution < 1.29 is 4.79 Å². The van der Waals surface area contributed by atoms with Gasteiger partial charge in [-0.3, -0.25) is 0 Å². The maximum atomic E-state index is 12.4. The minimum atomic E-state index is -0.0906. The molecule has 3 atom stereocenters. The van der Waals surface area contributed by atoms with E-state index in [1.54, 1.807) is 0 Å². The van der Waals surface area contributed by atoms with Gasteiger partial charge >= 0.3 is 6.03 Å². The van der Waals surface area contributed by atoms with Gasteiger partial charge in [0.15, 0.2) is 5.82 Å². The van der Waals surface area contributed by atoms with Gasteiger partial charge in [0.1, 0.15) is 5.82 Å². The van der Waals surface area contributed by atoms with Crippen molar-refractivity contribution in [1.82, 2.24) is 25.4 Å². The highest BCUT2D eigenvalue weighted by Crippen LogP contribution is 2.28. The first kappa shape index (κ1) is 16.6. The van der Waals surface area contributed by atoms with Crippen LogP contribution in [-0.4, -0.2) is 38.3 Å². The summed E-state index contributed by atoms with van der Waals surface area (Å²) in [6.07, 6.45) is 7.59. The van der Waals surface area contributed by atoms with E-state index in [-0.39, 0.29) is 18.0 Å². The van der Waals surface area contributed by atoms with Crippen molar-refractivity contribution in [2.75, 3.05) is 6.26 Å². The summed E-state index contributed by atoms with van der Waals surface area (Å²) in [6.45, 7) is 5.18. The first-order valence-corrected chi connectivity index (χ1v) is 9.89. The van der Waals surface area contributed by atoms with E-state index in [0.29, 0.717) is 11.3 Å². The van der Waals surface area contributed by atoms with Gasteiger partial charge < -0.3 is 15.2 Å². The van der Waals surface area contributed by atoms with Crippen molar-refractivity contribution in [2.24, 2.45) is 5.92 Å². The number of aromatic nitrogens is 3. The van der Waals surface area contributed by atoms with Crippen LogP contribution in [0.3, 0.4) is 0 Å². The Balaban J connectivity index is 1.62. The number of aryl methyl sites for hydroxylation is 1. The molecular weight excluding hydrogens is 310 g/mol. The van der Waals surface area contributed by atoms with E-state index in [1.807, 2.05) is 11.8 Å². The fraction of sp³-hybridized carbons (Fsp3) is 0.812. The van der Waals surface area contributed by atoms with E-state index in [9.17, 15) is 4.79 Å². The van der Waals surface area contributed by atoms with Gasteiger partial charge in [0, 0.05) is 24.3 Å². The zero-order valence-corrected chi connectivity index (χ0v) is 15.0. The fourth-order valence-corrected chi connectivity index (χ4v) is 4.38. The maximum Gasteiger partial charge on any atom is 0.315 e. The maximum absolute atomic E-state index is 12.4. The predicted octanol–water partition coefficient (Wildman–Crippen LogP) is 2.50. The molecular formula is C16H27N5OS. The van der Waals surface area contributed by atoms with E-state index in [4.69, 9.17) is 0 Å². The molecule has 1 saturated carbocycles. The van der Waals surface area contributed by atoms with E-state index < -0.39 is 0 Å². The summed E-state index contributed by atoms with van der Waals surface area (Å²) in [6, 6.07) is 0.127. The second kappa shape index (κ2) is 7.11. The minimum Gasteiger partial charge on any atom is -0.335 e. The number of nitrogens with one attached hydrogen (secondary N) is 2. The molecule has 0 spiro atoms. The van der Waals surface area contributed by atoms with Crippen molar-refractivity contribution in [3.05, 3.63) is 11.6 Å². The number of amides is 2. The zero-order valence-electron chi connectivity index (χ0n) is 14.2. The molecule has 1 aromatic heterocycles. The summed E-state index contributed by atoms with van der Waals surface area (Å²) in [5.41, 5.74) is 0. The molecule has 0 bridgehead atoms. The topological polar surface area (TPSA) is 71.8 Å². The molecule has 2 heterocycles. The number of thioether (sulfide) groups is 1. The average Bonchev–Trinajstić information content (AvgIpc) is 3.21. The van der Waals surface area contributed by atoms with Crippen LogP contribution in [0, 0.1) is 5.92 Å². The van der Waals surface area contributed by atoms with Crippen molar-refractivity contribution in [2.45, 2.75) is 69.8 Å². The lowest BCUT2D eigenvalue weighted by Crippen LogP contribution is -2.44. The van der Waals surface area contributed by atoms with Crippen LogP contribution in [0.5, 0.6) is 0 Å². The van der Waals surface area contributed by atoms with Gasteiger partial charge in [0.2, 0.25) is 0 Å². The summed E-state index contributed by atoms with van der Waals surface area (Å²) >= 11 is 1.90. The summed E-state index contributed by atoms with van der Waals surface area (Å²) in [7, 11) is 0. The van der Waals surface area contributed by atoms with Gasteiger partial charge in [-0.05, 0) is 37.9 Å². The van der Waals surface area contributed by atoms with Gasteiger partial charge in [-0.1, -0.05) is 13.8 Å². The predicted molar refractivity (Wildman–Crippen MR) is 92.5 cm³/mol. The highest BCUT2D eigenvalue weighted by atomic mass is 32.2. The first-order valence-electron chi connectivity index (χ1n) is 8.60. The molecule has 6 nitrogen and oxygen atoms in total. The molecule has 1 fully saturated rings. The van der Waals surface area contributed by atoms with Crippen LogP contribution < -0.4 is 10.6 Å². The van der Waals surface area contributed by atoms with Crippen molar-refractivity contribution >= 4 is 17.8 Å². The standard InChI is InChI=1S/C16H27N5OS/c1-10(2)14(15-20-19-13-5-4-8-21(13)15)18-16(22)17-11-6-7-12(9-11)23-3/h10-12,14H,4-9H2,1-3H3,(H2,17,18,22)/t11-,12-,14-/m1/s1. The lowest BCUT2D eigenvalue weighted by molar-refractivity contribution is 0.228. The van der Waals surface area contributed by atoms with Gasteiger partial charge in [0.25, 0.3) is 0 Å². The molecule has 1 aliphatic heterocycles. The SMILES string of the molecule is CS[C@@H]1CC[C@@H](NC(=O)N[C@@H](c2nnc3n2CCC3)C(C)C)C1. The molecule has 23 heavy (non-hydrogen) atoms. The lowest BCUT2D eigenvalue weighted by atomic mass is 10.0. The summed E-state index contributed by atoms with van der Waals surface area (Å²) in [5.74, 6) is 2.22.